The van der Waals surface area contributed by atoms with Crippen molar-refractivity contribution in [2.24, 2.45) is 0 Å². The first kappa shape index (κ1) is 19.4. The lowest BCUT2D eigenvalue weighted by Crippen LogP contribution is -2.39. The Kier molecular flexibility index (Phi) is 6.69. The zero-order valence-corrected chi connectivity index (χ0v) is 13.9. The number of carbonyl (C=O) groups excluding carboxylic acids is 1. The predicted octanol–water partition coefficient (Wildman–Crippen LogP) is 1.50. The van der Waals surface area contributed by atoms with Gasteiger partial charge >= 0.3 is 11.9 Å². The molecule has 0 spiro atoms. The van der Waals surface area contributed by atoms with E-state index in [9.17, 15) is 19.2 Å². The number of nitrogens with zero attached hydrogens (tertiary/aromatic N) is 1. The van der Waals surface area contributed by atoms with E-state index in [0.717, 1.165) is 0 Å². The van der Waals surface area contributed by atoms with Crippen molar-refractivity contribution < 1.29 is 24.6 Å². The lowest BCUT2D eigenvalue weighted by Gasteiger charge is -2.18. The number of hydrogen-bond donors (Lipinski definition) is 3. The molecule has 0 saturated heterocycles. The minimum Gasteiger partial charge on any atom is -0.481 e. The molecule has 0 aromatic carbocycles. The summed E-state index contributed by atoms with van der Waals surface area (Å²) in [5.74, 6) is -3.25. The number of carboxylic acid groups (broad SMARTS) is 2. The molecule has 8 nitrogen and oxygen atoms in total. The van der Waals surface area contributed by atoms with Crippen LogP contribution in [0.3, 0.4) is 0 Å². The summed E-state index contributed by atoms with van der Waals surface area (Å²) < 4.78 is 1.46. The number of rotatable bonds is 8. The van der Waals surface area contributed by atoms with E-state index in [-0.39, 0.29) is 18.0 Å². The molecule has 0 aliphatic heterocycles. The molecule has 24 heavy (non-hydrogen) atoms. The minimum absolute atomic E-state index is 0.152. The number of aliphatic carboxylic acids is 1. The highest BCUT2D eigenvalue weighted by Gasteiger charge is 2.22. The quantitative estimate of drug-likeness (QED) is 0.659. The first-order valence-electron chi connectivity index (χ1n) is 7.69. The van der Waals surface area contributed by atoms with Crippen LogP contribution in [0.15, 0.2) is 17.2 Å². The second kappa shape index (κ2) is 8.28. The van der Waals surface area contributed by atoms with Crippen molar-refractivity contribution in [2.75, 3.05) is 0 Å². The average Bonchev–Trinajstić information content (AvgIpc) is 2.46. The second-order valence-electron chi connectivity index (χ2n) is 5.82. The Labute approximate surface area is 139 Å². The second-order valence-corrected chi connectivity index (χ2v) is 5.82. The van der Waals surface area contributed by atoms with E-state index >= 15 is 0 Å². The lowest BCUT2D eigenvalue weighted by molar-refractivity contribution is -0.137. The van der Waals surface area contributed by atoms with Gasteiger partial charge in [-0.25, -0.2) is 4.79 Å². The molecule has 0 aliphatic rings. The van der Waals surface area contributed by atoms with Gasteiger partial charge < -0.3 is 20.1 Å². The Balaban J connectivity index is 3.23. The molecule has 0 bridgehead atoms. The molecule has 1 rings (SSSR count). The molecule has 1 heterocycles. The summed E-state index contributed by atoms with van der Waals surface area (Å²) in [5.41, 5.74) is -1.70. The highest BCUT2D eigenvalue weighted by Crippen LogP contribution is 2.09. The van der Waals surface area contributed by atoms with Crippen molar-refractivity contribution in [1.29, 1.82) is 0 Å². The molecule has 0 fully saturated rings. The van der Waals surface area contributed by atoms with Gasteiger partial charge in [-0.2, -0.15) is 0 Å². The fraction of sp³-hybridized carbons (Fsp3) is 0.500. The van der Waals surface area contributed by atoms with Gasteiger partial charge in [0.05, 0.1) is 6.42 Å². The fourth-order valence-electron chi connectivity index (χ4n) is 2.26. The van der Waals surface area contributed by atoms with Gasteiger partial charge in [-0.1, -0.05) is 13.3 Å². The predicted molar refractivity (Wildman–Crippen MR) is 86.5 cm³/mol. The number of carbonyl (C=O) groups is 3. The van der Waals surface area contributed by atoms with Crippen molar-refractivity contribution in [3.8, 4) is 0 Å². The van der Waals surface area contributed by atoms with Crippen LogP contribution in [0.4, 0.5) is 0 Å². The smallest absolute Gasteiger partial charge is 0.341 e. The number of carboxylic acids is 2. The van der Waals surface area contributed by atoms with Gasteiger partial charge in [0, 0.05) is 24.5 Å². The number of aromatic carboxylic acids is 1. The van der Waals surface area contributed by atoms with Gasteiger partial charge in [0.1, 0.15) is 11.1 Å². The number of nitrogens with one attached hydrogen (secondary N) is 1. The molecule has 1 aromatic heterocycles. The van der Waals surface area contributed by atoms with Crippen LogP contribution < -0.4 is 10.7 Å². The summed E-state index contributed by atoms with van der Waals surface area (Å²) in [7, 11) is 0. The molecule has 0 unspecified atom stereocenters. The molecule has 3 N–H and O–H groups in total. The Bertz CT molecular complexity index is 692. The third-order valence-corrected chi connectivity index (χ3v) is 3.51. The van der Waals surface area contributed by atoms with E-state index in [1.165, 1.54) is 17.0 Å². The number of aromatic nitrogens is 1. The first-order chi connectivity index (χ1) is 11.2. The molecular formula is C16H22N2O6. The third kappa shape index (κ3) is 4.94. The van der Waals surface area contributed by atoms with Crippen LogP contribution in [0, 0.1) is 0 Å². The van der Waals surface area contributed by atoms with E-state index in [0.29, 0.717) is 12.8 Å². The molecule has 1 atom stereocenters. The summed E-state index contributed by atoms with van der Waals surface area (Å²) in [6.45, 7) is 5.40. The van der Waals surface area contributed by atoms with Gasteiger partial charge in [-0.05, 0) is 20.3 Å². The summed E-state index contributed by atoms with van der Waals surface area (Å²) in [4.78, 5) is 46.7. The van der Waals surface area contributed by atoms with Crippen LogP contribution in [0.5, 0.6) is 0 Å². The topological polar surface area (TPSA) is 126 Å². The van der Waals surface area contributed by atoms with E-state index < -0.39 is 34.9 Å². The minimum atomic E-state index is -1.42. The van der Waals surface area contributed by atoms with Crippen LogP contribution in [0.1, 0.15) is 66.8 Å². The van der Waals surface area contributed by atoms with E-state index in [4.69, 9.17) is 10.2 Å². The van der Waals surface area contributed by atoms with Crippen LogP contribution in [0.25, 0.3) is 0 Å². The maximum Gasteiger partial charge on any atom is 0.341 e. The van der Waals surface area contributed by atoms with Gasteiger partial charge in [0.2, 0.25) is 5.43 Å². The largest absolute Gasteiger partial charge is 0.481 e. The van der Waals surface area contributed by atoms with Crippen molar-refractivity contribution >= 4 is 17.8 Å². The van der Waals surface area contributed by atoms with Crippen molar-refractivity contribution in [3.05, 3.63) is 33.7 Å². The highest BCUT2D eigenvalue weighted by molar-refractivity contribution is 5.97. The van der Waals surface area contributed by atoms with Crippen LogP contribution in [0.2, 0.25) is 0 Å². The van der Waals surface area contributed by atoms with E-state index in [1.807, 2.05) is 6.92 Å². The van der Waals surface area contributed by atoms with E-state index in [2.05, 4.69) is 5.32 Å². The molecule has 1 amide bonds. The van der Waals surface area contributed by atoms with Gasteiger partial charge in [0.15, 0.2) is 0 Å². The molecule has 1 aromatic rings. The molecule has 8 heteroatoms. The summed E-state index contributed by atoms with van der Waals surface area (Å²) in [5, 5.41) is 20.5. The normalized spacial score (nSPS) is 12.0. The SMILES string of the molecule is CCC[C@@H](CC(=O)O)NC(=O)c1cn(C(C)C)cc(C(=O)O)c1=O. The maximum atomic E-state index is 12.4. The monoisotopic (exact) mass is 338 g/mol. The Morgan fingerprint density at radius 2 is 1.75 bits per heavy atom. The Morgan fingerprint density at radius 1 is 1.17 bits per heavy atom. The zero-order valence-electron chi connectivity index (χ0n) is 13.9. The molecule has 0 radical (unpaired) electrons. The van der Waals surface area contributed by atoms with Gasteiger partial charge in [-0.3, -0.25) is 14.4 Å². The van der Waals surface area contributed by atoms with Crippen LogP contribution in [-0.4, -0.2) is 38.7 Å². The number of hydrogen-bond acceptors (Lipinski definition) is 4. The molecular weight excluding hydrogens is 316 g/mol. The van der Waals surface area contributed by atoms with Crippen molar-refractivity contribution in [1.82, 2.24) is 9.88 Å². The highest BCUT2D eigenvalue weighted by atomic mass is 16.4. The van der Waals surface area contributed by atoms with Gasteiger partial charge in [-0.15, -0.1) is 0 Å². The molecule has 0 aliphatic carbocycles. The average molecular weight is 338 g/mol. The lowest BCUT2D eigenvalue weighted by atomic mass is 10.1. The number of pyridine rings is 1. The molecule has 132 valence electrons. The van der Waals surface area contributed by atoms with E-state index in [1.54, 1.807) is 13.8 Å². The van der Waals surface area contributed by atoms with Crippen molar-refractivity contribution in [2.45, 2.75) is 52.1 Å². The zero-order chi connectivity index (χ0) is 18.4. The van der Waals surface area contributed by atoms with Crippen LogP contribution in [-0.2, 0) is 4.79 Å². The number of amides is 1. The summed E-state index contributed by atoms with van der Waals surface area (Å²) in [6.07, 6.45) is 3.31. The Hall–Kier alpha value is -2.64. The molecule has 0 saturated carbocycles. The van der Waals surface area contributed by atoms with Gasteiger partial charge in [0.25, 0.3) is 5.91 Å². The fourth-order valence-corrected chi connectivity index (χ4v) is 2.26. The Morgan fingerprint density at radius 3 is 2.21 bits per heavy atom. The summed E-state index contributed by atoms with van der Waals surface area (Å²) in [6, 6.07) is -0.777. The standard InChI is InChI=1S/C16H22N2O6/c1-4-5-10(6-13(19)20)17-15(22)11-7-18(9(2)3)8-12(14(11)21)16(23)24/h7-10H,4-6H2,1-3H3,(H,17,22)(H,19,20)(H,23,24)/t10-/m0/s1. The maximum absolute atomic E-state index is 12.4. The van der Waals surface area contributed by atoms with Crippen LogP contribution >= 0.6 is 0 Å². The summed E-state index contributed by atoms with van der Waals surface area (Å²) >= 11 is 0. The third-order valence-electron chi connectivity index (χ3n) is 3.51. The van der Waals surface area contributed by atoms with Crippen molar-refractivity contribution in [3.63, 3.8) is 0 Å². The first-order valence-corrected chi connectivity index (χ1v) is 7.69.